The third-order valence-corrected chi connectivity index (χ3v) is 9.49. The number of fused-ring (bicyclic) bond motifs is 1. The van der Waals surface area contributed by atoms with E-state index in [2.05, 4.69) is 10.6 Å². The highest BCUT2D eigenvalue weighted by molar-refractivity contribution is 5.97. The molecule has 0 radical (unpaired) electrons. The summed E-state index contributed by atoms with van der Waals surface area (Å²) in [6.45, 7) is 4.57. The van der Waals surface area contributed by atoms with E-state index in [0.717, 1.165) is 12.1 Å². The van der Waals surface area contributed by atoms with E-state index in [1.165, 1.54) is 44.5 Å². The van der Waals surface area contributed by atoms with Crippen molar-refractivity contribution in [2.45, 2.75) is 90.0 Å². The number of benzene rings is 2. The zero-order chi connectivity index (χ0) is 42.4. The van der Waals surface area contributed by atoms with Crippen molar-refractivity contribution in [2.24, 2.45) is 5.92 Å². The summed E-state index contributed by atoms with van der Waals surface area (Å²) >= 11 is 0. The highest BCUT2D eigenvalue weighted by Gasteiger charge is 2.38. The Bertz CT molecular complexity index is 2250. The number of nitrogens with zero attached hydrogens (tertiary/aromatic N) is 3. The molecule has 3 amide bonds. The van der Waals surface area contributed by atoms with Gasteiger partial charge in [0.25, 0.3) is 5.56 Å². The standard InChI is InChI=1S/C42H47F4N5O7/c1-41(2,3)58-40(56)51-30(22-27-10-8-13-34(36(27)51)57-25-28-15-16-29(43)23-31(28)44)24-50-21-9-12-33(39(50)55)48-38(54)32(11-6-7-14-35(52)49(4)5)47-37(53)26-17-19-42(45,46)20-18-26/h7-10,12-16,21-23,26,32H,6,11,17-20,24-25H2,1-5H3,(H,47,53)(H,48,54)/b14-7+/t32-/m0/s1. The molecule has 1 fully saturated rings. The zero-order valence-corrected chi connectivity index (χ0v) is 33.0. The molecule has 2 heterocycles. The molecule has 2 aromatic carbocycles. The first-order chi connectivity index (χ1) is 27.3. The maximum absolute atomic E-state index is 14.5. The highest BCUT2D eigenvalue weighted by Crippen LogP contribution is 2.36. The van der Waals surface area contributed by atoms with E-state index in [9.17, 15) is 41.5 Å². The lowest BCUT2D eigenvalue weighted by Crippen LogP contribution is -2.47. The molecule has 4 aromatic rings. The number of hydrogen-bond donors (Lipinski definition) is 2. The molecule has 0 aliphatic heterocycles. The number of rotatable bonds is 13. The van der Waals surface area contributed by atoms with Crippen molar-refractivity contribution in [2.75, 3.05) is 19.4 Å². The molecule has 310 valence electrons. The first-order valence-corrected chi connectivity index (χ1v) is 18.8. The Morgan fingerprint density at radius 3 is 2.41 bits per heavy atom. The molecular formula is C42H47F4N5O7. The van der Waals surface area contributed by atoms with Crippen LogP contribution in [0.3, 0.4) is 0 Å². The fourth-order valence-corrected chi connectivity index (χ4v) is 6.43. The lowest BCUT2D eigenvalue weighted by atomic mass is 9.86. The number of anilines is 1. The van der Waals surface area contributed by atoms with Gasteiger partial charge in [-0.25, -0.2) is 26.9 Å². The van der Waals surface area contributed by atoms with Crippen molar-refractivity contribution in [3.63, 3.8) is 0 Å². The summed E-state index contributed by atoms with van der Waals surface area (Å²) in [5.41, 5.74) is -1.08. The summed E-state index contributed by atoms with van der Waals surface area (Å²) in [6, 6.07) is 11.4. The maximum atomic E-state index is 14.5. The number of halogens is 4. The number of amides is 3. The second kappa shape index (κ2) is 18.1. The van der Waals surface area contributed by atoms with Crippen molar-refractivity contribution in [1.29, 1.82) is 0 Å². The first-order valence-electron chi connectivity index (χ1n) is 18.8. The molecule has 2 aromatic heterocycles. The summed E-state index contributed by atoms with van der Waals surface area (Å²) in [4.78, 5) is 68.0. The quantitative estimate of drug-likeness (QED) is 0.108. The van der Waals surface area contributed by atoms with Gasteiger partial charge in [0, 0.05) is 56.1 Å². The Hall–Kier alpha value is -5.93. The van der Waals surface area contributed by atoms with Crippen LogP contribution in [0, 0.1) is 17.6 Å². The summed E-state index contributed by atoms with van der Waals surface area (Å²) in [5, 5.41) is 5.78. The van der Waals surface area contributed by atoms with Gasteiger partial charge in [-0.2, -0.15) is 0 Å². The van der Waals surface area contributed by atoms with E-state index in [1.807, 2.05) is 0 Å². The SMILES string of the molecule is CN(C)C(=O)/C=C/CC[C@H](NC(=O)C1CCC(F)(F)CC1)C(=O)Nc1cccn(Cc2cc3cccc(OCc4ccc(F)cc4F)c3n2C(=O)OC(C)(C)C)c1=O. The molecule has 2 N–H and O–H groups in total. The van der Waals surface area contributed by atoms with Gasteiger partial charge in [-0.05, 0) is 88.9 Å². The van der Waals surface area contributed by atoms with Crippen LogP contribution >= 0.6 is 0 Å². The number of likely N-dealkylation sites (N-methyl/N-ethyl adjacent to an activating group) is 1. The molecule has 0 spiro atoms. The number of pyridine rings is 1. The van der Waals surface area contributed by atoms with Crippen LogP contribution in [-0.4, -0.2) is 69.5 Å². The maximum Gasteiger partial charge on any atom is 0.419 e. The Labute approximate surface area is 332 Å². The number of aromatic nitrogens is 2. The van der Waals surface area contributed by atoms with E-state index in [-0.39, 0.29) is 67.3 Å². The average molecular weight is 810 g/mol. The molecule has 1 aliphatic carbocycles. The largest absolute Gasteiger partial charge is 0.487 e. The van der Waals surface area contributed by atoms with Gasteiger partial charge in [0.15, 0.2) is 0 Å². The van der Waals surface area contributed by atoms with Gasteiger partial charge in [0.2, 0.25) is 23.6 Å². The molecule has 16 heteroatoms. The van der Waals surface area contributed by atoms with Crippen molar-refractivity contribution < 1.29 is 46.2 Å². The van der Waals surface area contributed by atoms with Crippen LogP contribution in [0.2, 0.25) is 0 Å². The number of allylic oxidation sites excluding steroid dienone is 1. The molecule has 0 unspecified atom stereocenters. The topological polar surface area (TPSA) is 141 Å². The second-order valence-corrected chi connectivity index (χ2v) is 15.4. The fraction of sp³-hybridized carbons (Fsp3) is 0.405. The van der Waals surface area contributed by atoms with Crippen molar-refractivity contribution >= 4 is 40.4 Å². The van der Waals surface area contributed by atoms with E-state index in [4.69, 9.17) is 9.47 Å². The van der Waals surface area contributed by atoms with Crippen LogP contribution in [-0.2, 0) is 32.3 Å². The minimum Gasteiger partial charge on any atom is -0.487 e. The molecule has 0 bridgehead atoms. The van der Waals surface area contributed by atoms with Crippen LogP contribution < -0.4 is 20.9 Å². The van der Waals surface area contributed by atoms with Crippen LogP contribution in [0.15, 0.2) is 77.7 Å². The number of ether oxygens (including phenoxy) is 2. The van der Waals surface area contributed by atoms with Crippen LogP contribution in [0.25, 0.3) is 10.9 Å². The van der Waals surface area contributed by atoms with Crippen LogP contribution in [0.1, 0.15) is 70.6 Å². The molecule has 0 saturated heterocycles. The molecule has 1 aliphatic rings. The normalized spacial score (nSPS) is 14.9. The minimum absolute atomic E-state index is 0.0346. The minimum atomic E-state index is -2.85. The predicted molar refractivity (Wildman–Crippen MR) is 209 cm³/mol. The van der Waals surface area contributed by atoms with Gasteiger partial charge in [0.05, 0.1) is 12.2 Å². The van der Waals surface area contributed by atoms with Gasteiger partial charge in [-0.3, -0.25) is 19.2 Å². The molecular weight excluding hydrogens is 762 g/mol. The number of carbonyl (C=O) groups is 4. The van der Waals surface area contributed by atoms with Crippen molar-refractivity contribution in [3.8, 4) is 5.75 Å². The molecule has 1 atom stereocenters. The third-order valence-electron chi connectivity index (χ3n) is 9.49. The summed E-state index contributed by atoms with van der Waals surface area (Å²) in [6.07, 6.45) is 2.78. The molecule has 1 saturated carbocycles. The van der Waals surface area contributed by atoms with Crippen molar-refractivity contribution in [3.05, 3.63) is 106 Å². The monoisotopic (exact) mass is 809 g/mol. The number of nitrogens with one attached hydrogen (secondary N) is 2. The summed E-state index contributed by atoms with van der Waals surface area (Å²) in [5.74, 6) is -6.52. The lowest BCUT2D eigenvalue weighted by Gasteiger charge is -2.28. The first kappa shape index (κ1) is 43.2. The number of hydrogen-bond acceptors (Lipinski definition) is 7. The Morgan fingerprint density at radius 2 is 1.74 bits per heavy atom. The number of alkyl halides is 2. The molecule has 5 rings (SSSR count). The predicted octanol–water partition coefficient (Wildman–Crippen LogP) is 7.17. The highest BCUT2D eigenvalue weighted by atomic mass is 19.3. The van der Waals surface area contributed by atoms with Gasteiger partial charge >= 0.3 is 6.09 Å². The van der Waals surface area contributed by atoms with Gasteiger partial charge in [0.1, 0.15) is 46.8 Å². The second-order valence-electron chi connectivity index (χ2n) is 15.4. The lowest BCUT2D eigenvalue weighted by molar-refractivity contribution is -0.132. The summed E-state index contributed by atoms with van der Waals surface area (Å²) < 4.78 is 69.8. The van der Waals surface area contributed by atoms with Gasteiger partial charge in [-0.15, -0.1) is 0 Å². The van der Waals surface area contributed by atoms with Crippen molar-refractivity contribution in [1.82, 2.24) is 19.4 Å². The van der Waals surface area contributed by atoms with E-state index >= 15 is 0 Å². The Morgan fingerprint density at radius 1 is 1.02 bits per heavy atom. The smallest absolute Gasteiger partial charge is 0.419 e. The summed E-state index contributed by atoms with van der Waals surface area (Å²) in [7, 11) is 3.15. The van der Waals surface area contributed by atoms with E-state index in [1.54, 1.807) is 65.2 Å². The zero-order valence-electron chi connectivity index (χ0n) is 33.0. The third kappa shape index (κ3) is 11.1. The van der Waals surface area contributed by atoms with Crippen LogP contribution in [0.4, 0.5) is 28.0 Å². The van der Waals surface area contributed by atoms with Gasteiger partial charge < -0.3 is 29.6 Å². The molecule has 58 heavy (non-hydrogen) atoms. The average Bonchev–Trinajstić information content (AvgIpc) is 3.52. The van der Waals surface area contributed by atoms with Gasteiger partial charge in [-0.1, -0.05) is 18.2 Å². The number of para-hydroxylation sites is 1. The van der Waals surface area contributed by atoms with E-state index < -0.39 is 71.4 Å². The van der Waals surface area contributed by atoms with E-state index in [0.29, 0.717) is 11.1 Å². The number of carbonyl (C=O) groups excluding carboxylic acids is 4. The Balaban J connectivity index is 1.42. The van der Waals surface area contributed by atoms with Crippen LogP contribution in [0.5, 0.6) is 5.75 Å². The molecule has 12 nitrogen and oxygen atoms in total. The Kier molecular flexibility index (Phi) is 13.5. The fourth-order valence-electron chi connectivity index (χ4n) is 6.43.